The van der Waals surface area contributed by atoms with Crippen molar-refractivity contribution in [3.05, 3.63) is 77.4 Å². The molecule has 0 fully saturated rings. The van der Waals surface area contributed by atoms with Crippen LogP contribution in [0.5, 0.6) is 11.5 Å². The first kappa shape index (κ1) is 26.7. The summed E-state index contributed by atoms with van der Waals surface area (Å²) in [6.45, 7) is 3.55. The second-order valence-electron chi connectivity index (χ2n) is 7.69. The molecule has 1 heterocycles. The molecule has 0 saturated heterocycles. The molecule has 8 nitrogen and oxygen atoms in total. The normalized spacial score (nSPS) is 11.5. The average molecular weight is 499 g/mol. The van der Waals surface area contributed by atoms with Crippen LogP contribution in [0.3, 0.4) is 0 Å². The fourth-order valence-corrected chi connectivity index (χ4v) is 4.76. The first-order valence-electron chi connectivity index (χ1n) is 10.8. The van der Waals surface area contributed by atoms with Gasteiger partial charge < -0.3 is 9.84 Å². The minimum Gasteiger partial charge on any atom is -0.872 e. The van der Waals surface area contributed by atoms with Gasteiger partial charge in [0.1, 0.15) is 12.4 Å². The molecule has 0 spiro atoms. The average Bonchev–Trinajstić information content (AvgIpc) is 3.39. The summed E-state index contributed by atoms with van der Waals surface area (Å²) in [4.78, 5) is 13.0. The Morgan fingerprint density at radius 3 is 2.51 bits per heavy atom. The van der Waals surface area contributed by atoms with Crippen LogP contribution in [0.25, 0.3) is 11.4 Å². The van der Waals surface area contributed by atoms with Crippen LogP contribution < -0.4 is 39.4 Å². The first-order valence-corrected chi connectivity index (χ1v) is 11.9. The zero-order valence-corrected chi connectivity index (χ0v) is 22.6. The number of aromatic nitrogens is 4. The minimum atomic E-state index is -1.43. The van der Waals surface area contributed by atoms with E-state index in [9.17, 15) is 14.1 Å². The molecule has 35 heavy (non-hydrogen) atoms. The molecule has 174 valence electrons. The quantitative estimate of drug-likeness (QED) is 0.268. The predicted molar refractivity (Wildman–Crippen MR) is 125 cm³/mol. The number of Topliss-reactive ketones (excluding diaryl/α,β-unsaturated/α-hetero) is 1. The third kappa shape index (κ3) is 6.24. The van der Waals surface area contributed by atoms with E-state index in [1.165, 1.54) is 13.0 Å². The largest absolute Gasteiger partial charge is 1.00 e. The van der Waals surface area contributed by atoms with E-state index in [2.05, 4.69) is 20.6 Å². The molecule has 1 atom stereocenters. The molecule has 1 N–H and O–H groups in total. The summed E-state index contributed by atoms with van der Waals surface area (Å²) in [6.07, 6.45) is 1.28. The van der Waals surface area contributed by atoms with Gasteiger partial charge in [-0.2, -0.15) is 5.21 Å². The Balaban J connectivity index is 0.00000342. The number of hydrogen-bond acceptors (Lipinski definition) is 7. The summed E-state index contributed by atoms with van der Waals surface area (Å²) in [5.74, 6) is 0.365. The van der Waals surface area contributed by atoms with E-state index in [1.54, 1.807) is 30.3 Å². The van der Waals surface area contributed by atoms with Crippen molar-refractivity contribution in [3.8, 4) is 22.9 Å². The van der Waals surface area contributed by atoms with Crippen LogP contribution in [0.4, 0.5) is 0 Å². The Bertz CT molecular complexity index is 1350. The summed E-state index contributed by atoms with van der Waals surface area (Å²) >= 11 is 0. The van der Waals surface area contributed by atoms with E-state index in [0.717, 1.165) is 12.0 Å². The maximum absolute atomic E-state index is 13.2. The number of carbonyl (C=O) groups excluding carboxylic acids is 1. The van der Waals surface area contributed by atoms with Crippen LogP contribution in [0.2, 0.25) is 0 Å². The molecule has 3 aromatic carbocycles. The molecule has 0 saturated carbocycles. The van der Waals surface area contributed by atoms with Crippen molar-refractivity contribution in [2.24, 2.45) is 0 Å². The zero-order valence-electron chi connectivity index (χ0n) is 19.8. The van der Waals surface area contributed by atoms with Gasteiger partial charge in [-0.05, 0) is 66.1 Å². The smallest absolute Gasteiger partial charge is 0.872 e. The molecule has 0 aliphatic carbocycles. The Morgan fingerprint density at radius 2 is 1.83 bits per heavy atom. The number of H-pyrrole nitrogens is 1. The summed E-state index contributed by atoms with van der Waals surface area (Å²) in [6, 6.07) is 17.7. The first-order chi connectivity index (χ1) is 16.5. The maximum atomic E-state index is 13.2. The van der Waals surface area contributed by atoms with Gasteiger partial charge in [0, 0.05) is 20.9 Å². The van der Waals surface area contributed by atoms with Crippen molar-refractivity contribution in [1.82, 2.24) is 20.6 Å². The summed E-state index contributed by atoms with van der Waals surface area (Å²) < 4.78 is 19.2. The summed E-state index contributed by atoms with van der Waals surface area (Å²) in [7, 11) is -1.43. The monoisotopic (exact) mass is 498 g/mol. The van der Waals surface area contributed by atoms with Gasteiger partial charge in [-0.3, -0.25) is 4.79 Å². The Kier molecular flexibility index (Phi) is 9.33. The van der Waals surface area contributed by atoms with Crippen LogP contribution in [0.1, 0.15) is 41.8 Å². The van der Waals surface area contributed by atoms with E-state index >= 15 is 0 Å². The van der Waals surface area contributed by atoms with Gasteiger partial charge in [0.15, 0.2) is 5.78 Å². The van der Waals surface area contributed by atoms with Crippen molar-refractivity contribution in [2.45, 2.75) is 43.1 Å². The number of tetrazole rings is 1. The van der Waals surface area contributed by atoms with Crippen LogP contribution in [-0.2, 0) is 23.8 Å². The molecular weight excluding hydrogens is 475 g/mol. The van der Waals surface area contributed by atoms with Crippen LogP contribution >= 0.6 is 0 Å². The van der Waals surface area contributed by atoms with E-state index in [1.807, 2.05) is 31.2 Å². The standard InChI is InChI=1S/C25H24N4O4S.Na/c1-3-6-22-23(12-11-21(16(2)30)24(22)31)33-15-17-7-4-9-19(13-17)34(32)20-10-5-8-18(14-20)25-26-28-29-27-25;/h4-5,7-14,31H,3,6,15H2,1-2H3,(H,26,27,28,29);/q;+1/p-1. The number of ether oxygens (including phenoxy) is 1. The van der Waals surface area contributed by atoms with E-state index in [4.69, 9.17) is 4.74 Å². The molecule has 0 radical (unpaired) electrons. The molecule has 0 aliphatic heterocycles. The molecule has 1 unspecified atom stereocenters. The third-order valence-corrected chi connectivity index (χ3v) is 6.62. The fourth-order valence-electron chi connectivity index (χ4n) is 3.59. The van der Waals surface area contributed by atoms with E-state index in [0.29, 0.717) is 38.9 Å². The Hall–Kier alpha value is -2.85. The molecule has 1 aromatic heterocycles. The number of carbonyl (C=O) groups is 1. The zero-order chi connectivity index (χ0) is 24.1. The minimum absolute atomic E-state index is 0. The van der Waals surface area contributed by atoms with Crippen molar-refractivity contribution < 1.29 is 48.4 Å². The van der Waals surface area contributed by atoms with Crippen molar-refractivity contribution in [1.29, 1.82) is 0 Å². The van der Waals surface area contributed by atoms with Gasteiger partial charge in [0.05, 0.1) is 10.8 Å². The molecule has 0 amide bonds. The van der Waals surface area contributed by atoms with Crippen molar-refractivity contribution in [3.63, 3.8) is 0 Å². The fraction of sp³-hybridized carbons (Fsp3) is 0.200. The molecule has 0 aliphatic rings. The number of benzene rings is 3. The Morgan fingerprint density at radius 1 is 1.09 bits per heavy atom. The molecule has 0 bridgehead atoms. The number of aromatic amines is 1. The molecule has 4 aromatic rings. The van der Waals surface area contributed by atoms with Crippen LogP contribution in [0.15, 0.2) is 70.5 Å². The second kappa shape index (κ2) is 12.2. The van der Waals surface area contributed by atoms with Gasteiger partial charge in [-0.25, -0.2) is 4.21 Å². The number of rotatable bonds is 9. The second-order valence-corrected chi connectivity index (χ2v) is 9.17. The van der Waals surface area contributed by atoms with Gasteiger partial charge in [-0.15, -0.1) is 10.2 Å². The van der Waals surface area contributed by atoms with Crippen molar-refractivity contribution >= 4 is 16.6 Å². The molecular formula is C25H23N4NaO4S. The molecule has 4 rings (SSSR count). The van der Waals surface area contributed by atoms with Gasteiger partial charge in [-0.1, -0.05) is 43.4 Å². The third-order valence-electron chi connectivity index (χ3n) is 5.26. The number of hydrogen-bond donors (Lipinski definition) is 1. The van der Waals surface area contributed by atoms with Gasteiger partial charge in [0.25, 0.3) is 0 Å². The summed E-state index contributed by atoms with van der Waals surface area (Å²) in [5.41, 5.74) is 2.21. The van der Waals surface area contributed by atoms with E-state index in [-0.39, 0.29) is 53.3 Å². The predicted octanol–water partition coefficient (Wildman–Crippen LogP) is 0.845. The topological polar surface area (TPSA) is 121 Å². The SMILES string of the molecule is CCCc1c(OCc2cccc(S(=O)c3cccc(-c4nn[nH]n4)c3)c2)ccc(C(C)=O)c1[O-].[Na+]. The summed E-state index contributed by atoms with van der Waals surface area (Å²) in [5, 5.41) is 26.6. The number of nitrogens with zero attached hydrogens (tertiary/aromatic N) is 3. The van der Waals surface area contributed by atoms with Gasteiger partial charge >= 0.3 is 29.6 Å². The number of ketones is 1. The Labute approximate surface area is 227 Å². The van der Waals surface area contributed by atoms with Gasteiger partial charge in [0.2, 0.25) is 5.82 Å². The number of nitrogens with one attached hydrogen (secondary N) is 1. The van der Waals surface area contributed by atoms with E-state index < -0.39 is 10.8 Å². The van der Waals surface area contributed by atoms with Crippen LogP contribution in [-0.4, -0.2) is 30.6 Å². The molecule has 10 heteroatoms. The van der Waals surface area contributed by atoms with Crippen LogP contribution in [0, 0.1) is 0 Å². The van der Waals surface area contributed by atoms with Crippen molar-refractivity contribution in [2.75, 3.05) is 0 Å². The maximum Gasteiger partial charge on any atom is 1.00 e.